The zero-order valence-electron chi connectivity index (χ0n) is 13.4. The quantitative estimate of drug-likeness (QED) is 0.712. The normalized spacial score (nSPS) is 11.2. The third kappa shape index (κ3) is 4.34. The number of ether oxygens (including phenoxy) is 1. The molecule has 0 fully saturated rings. The lowest BCUT2D eigenvalue weighted by molar-refractivity contribution is 0.301. The van der Waals surface area contributed by atoms with Crippen molar-refractivity contribution >= 4 is 15.7 Å². The Morgan fingerprint density at radius 1 is 1.00 bits per heavy atom. The summed E-state index contributed by atoms with van der Waals surface area (Å²) in [5.41, 5.74) is 0.902. The van der Waals surface area contributed by atoms with E-state index in [1.807, 2.05) is 6.07 Å². The first-order valence-corrected chi connectivity index (χ1v) is 9.03. The molecule has 2 aromatic carbocycles. The van der Waals surface area contributed by atoms with Gasteiger partial charge >= 0.3 is 0 Å². The van der Waals surface area contributed by atoms with Gasteiger partial charge in [0.25, 0.3) is 10.0 Å². The van der Waals surface area contributed by atoms with Crippen molar-refractivity contribution in [3.05, 3.63) is 84.2 Å². The molecule has 0 aliphatic rings. The molecule has 3 aromatic rings. The highest BCUT2D eigenvalue weighted by Crippen LogP contribution is 2.23. The van der Waals surface area contributed by atoms with E-state index in [1.165, 1.54) is 12.1 Å². The molecular weight excluding hydrogens is 362 g/mol. The number of sulfonamides is 1. The number of hydrogen-bond acceptors (Lipinski definition) is 4. The average Bonchev–Trinajstić information content (AvgIpc) is 2.60. The van der Waals surface area contributed by atoms with E-state index < -0.39 is 26.6 Å². The second-order valence-corrected chi connectivity index (χ2v) is 6.97. The van der Waals surface area contributed by atoms with Gasteiger partial charge in [-0.3, -0.25) is 9.71 Å². The fourth-order valence-electron chi connectivity index (χ4n) is 2.19. The highest BCUT2D eigenvalue weighted by atomic mass is 32.2. The number of pyridine rings is 1. The van der Waals surface area contributed by atoms with Crippen LogP contribution >= 0.6 is 0 Å². The molecule has 0 radical (unpaired) electrons. The summed E-state index contributed by atoms with van der Waals surface area (Å²) >= 11 is 0. The summed E-state index contributed by atoms with van der Waals surface area (Å²) < 4.78 is 59.1. The third-order valence-corrected chi connectivity index (χ3v) is 4.80. The first kappa shape index (κ1) is 17.8. The van der Waals surface area contributed by atoms with E-state index in [-0.39, 0.29) is 12.3 Å². The Labute approximate surface area is 149 Å². The SMILES string of the molecule is O=S(=O)(Nc1cccc(OCc2ccccn2)c1)c1ccc(F)cc1F. The maximum atomic E-state index is 13.7. The number of aromatic nitrogens is 1. The van der Waals surface area contributed by atoms with Crippen LogP contribution in [-0.4, -0.2) is 13.4 Å². The number of hydrogen-bond donors (Lipinski definition) is 1. The number of nitrogens with one attached hydrogen (secondary N) is 1. The van der Waals surface area contributed by atoms with Crippen LogP contribution in [0.15, 0.2) is 71.8 Å². The first-order chi connectivity index (χ1) is 12.4. The summed E-state index contributed by atoms with van der Waals surface area (Å²) in [5, 5.41) is 0. The highest BCUT2D eigenvalue weighted by Gasteiger charge is 2.19. The predicted molar refractivity (Wildman–Crippen MR) is 92.2 cm³/mol. The van der Waals surface area contributed by atoms with Gasteiger partial charge in [0.05, 0.1) is 11.4 Å². The van der Waals surface area contributed by atoms with Crippen LogP contribution in [0.2, 0.25) is 0 Å². The third-order valence-electron chi connectivity index (χ3n) is 3.38. The van der Waals surface area contributed by atoms with E-state index in [1.54, 1.807) is 30.5 Å². The molecule has 134 valence electrons. The Kier molecular flexibility index (Phi) is 5.13. The standard InChI is InChI=1S/C18H14F2N2O3S/c19-13-7-8-18(17(20)10-13)26(23,24)22-14-5-3-6-16(11-14)25-12-15-4-1-2-9-21-15/h1-11,22H,12H2. The Hall–Kier alpha value is -3.00. The molecule has 5 nitrogen and oxygen atoms in total. The molecule has 0 aliphatic heterocycles. The van der Waals surface area contributed by atoms with Crippen molar-refractivity contribution in [3.8, 4) is 5.75 Å². The first-order valence-electron chi connectivity index (χ1n) is 7.55. The second-order valence-electron chi connectivity index (χ2n) is 5.32. The van der Waals surface area contributed by atoms with E-state index >= 15 is 0 Å². The van der Waals surface area contributed by atoms with Gasteiger partial charge in [-0.05, 0) is 36.4 Å². The van der Waals surface area contributed by atoms with E-state index in [0.29, 0.717) is 17.5 Å². The minimum atomic E-state index is -4.20. The Balaban J connectivity index is 1.75. The van der Waals surface area contributed by atoms with Crippen molar-refractivity contribution in [1.82, 2.24) is 4.98 Å². The van der Waals surface area contributed by atoms with E-state index in [0.717, 1.165) is 12.1 Å². The number of anilines is 1. The van der Waals surface area contributed by atoms with Crippen LogP contribution in [0.5, 0.6) is 5.75 Å². The average molecular weight is 376 g/mol. The largest absolute Gasteiger partial charge is 0.487 e. The smallest absolute Gasteiger partial charge is 0.264 e. The lowest BCUT2D eigenvalue weighted by Gasteiger charge is -2.11. The van der Waals surface area contributed by atoms with Gasteiger partial charge in [-0.2, -0.15) is 0 Å². The van der Waals surface area contributed by atoms with Crippen LogP contribution in [0.4, 0.5) is 14.5 Å². The molecule has 1 heterocycles. The van der Waals surface area contributed by atoms with E-state index in [4.69, 9.17) is 4.74 Å². The van der Waals surface area contributed by atoms with Crippen molar-refractivity contribution in [1.29, 1.82) is 0 Å². The fraction of sp³-hybridized carbons (Fsp3) is 0.0556. The highest BCUT2D eigenvalue weighted by molar-refractivity contribution is 7.92. The summed E-state index contributed by atoms with van der Waals surface area (Å²) in [5.74, 6) is -1.61. The van der Waals surface area contributed by atoms with Crippen molar-refractivity contribution in [2.45, 2.75) is 11.5 Å². The lowest BCUT2D eigenvalue weighted by Crippen LogP contribution is -2.14. The Morgan fingerprint density at radius 3 is 2.58 bits per heavy atom. The number of benzene rings is 2. The molecule has 3 rings (SSSR count). The zero-order chi connectivity index (χ0) is 18.6. The van der Waals surface area contributed by atoms with Crippen LogP contribution in [0.3, 0.4) is 0 Å². The Morgan fingerprint density at radius 2 is 1.85 bits per heavy atom. The summed E-state index contributed by atoms with van der Waals surface area (Å²) in [6, 6.07) is 13.9. The summed E-state index contributed by atoms with van der Waals surface area (Å²) in [6.07, 6.45) is 1.64. The molecule has 1 aromatic heterocycles. The number of nitrogens with zero attached hydrogens (tertiary/aromatic N) is 1. The van der Waals surface area contributed by atoms with E-state index in [2.05, 4.69) is 9.71 Å². The lowest BCUT2D eigenvalue weighted by atomic mass is 10.3. The van der Waals surface area contributed by atoms with Gasteiger partial charge in [0.15, 0.2) is 0 Å². The topological polar surface area (TPSA) is 68.3 Å². The fourth-order valence-corrected chi connectivity index (χ4v) is 3.30. The van der Waals surface area contributed by atoms with Crippen molar-refractivity contribution in [2.75, 3.05) is 4.72 Å². The molecule has 1 N–H and O–H groups in total. The van der Waals surface area contributed by atoms with Gasteiger partial charge in [-0.1, -0.05) is 12.1 Å². The molecule has 26 heavy (non-hydrogen) atoms. The van der Waals surface area contributed by atoms with Crippen molar-refractivity contribution < 1.29 is 21.9 Å². The molecule has 8 heteroatoms. The molecule has 0 unspecified atom stereocenters. The van der Waals surface area contributed by atoms with Gasteiger partial charge in [0.2, 0.25) is 0 Å². The van der Waals surface area contributed by atoms with Crippen LogP contribution in [0.1, 0.15) is 5.69 Å². The van der Waals surface area contributed by atoms with Gasteiger partial charge in [-0.15, -0.1) is 0 Å². The summed E-state index contributed by atoms with van der Waals surface area (Å²) in [6.45, 7) is 0.212. The van der Waals surface area contributed by atoms with Gasteiger partial charge in [0.1, 0.15) is 28.9 Å². The van der Waals surface area contributed by atoms with Crippen LogP contribution < -0.4 is 9.46 Å². The molecule has 0 amide bonds. The maximum Gasteiger partial charge on any atom is 0.264 e. The van der Waals surface area contributed by atoms with Crippen LogP contribution in [0, 0.1) is 11.6 Å². The molecule has 0 bridgehead atoms. The predicted octanol–water partition coefficient (Wildman–Crippen LogP) is 3.74. The minimum Gasteiger partial charge on any atom is -0.487 e. The summed E-state index contributed by atoms with van der Waals surface area (Å²) in [4.78, 5) is 3.48. The Bertz CT molecular complexity index is 1010. The molecular formula is C18H14F2N2O3S. The monoisotopic (exact) mass is 376 g/mol. The van der Waals surface area contributed by atoms with Gasteiger partial charge in [-0.25, -0.2) is 17.2 Å². The van der Waals surface area contributed by atoms with Crippen molar-refractivity contribution in [2.24, 2.45) is 0 Å². The zero-order valence-corrected chi connectivity index (χ0v) is 14.2. The van der Waals surface area contributed by atoms with Crippen molar-refractivity contribution in [3.63, 3.8) is 0 Å². The van der Waals surface area contributed by atoms with Crippen LogP contribution in [-0.2, 0) is 16.6 Å². The van der Waals surface area contributed by atoms with Gasteiger partial charge < -0.3 is 4.74 Å². The number of rotatable bonds is 6. The molecule has 0 atom stereocenters. The second kappa shape index (κ2) is 7.49. The summed E-state index contributed by atoms with van der Waals surface area (Å²) in [7, 11) is -4.20. The number of halogens is 2. The molecule has 0 spiro atoms. The molecule has 0 aliphatic carbocycles. The molecule has 0 saturated heterocycles. The minimum absolute atomic E-state index is 0.187. The van der Waals surface area contributed by atoms with Gasteiger partial charge in [0, 0.05) is 18.3 Å². The van der Waals surface area contributed by atoms with Crippen LogP contribution in [0.25, 0.3) is 0 Å². The van der Waals surface area contributed by atoms with E-state index in [9.17, 15) is 17.2 Å². The maximum absolute atomic E-state index is 13.7. The molecule has 0 saturated carbocycles.